The maximum Gasteiger partial charge on any atom is 0.228 e. The number of pyridine rings is 1. The van der Waals surface area contributed by atoms with Crippen LogP contribution < -0.4 is 5.32 Å². The topological polar surface area (TPSA) is 68.8 Å². The third-order valence-corrected chi connectivity index (χ3v) is 7.19. The molecule has 1 saturated heterocycles. The molecule has 7 heteroatoms. The van der Waals surface area contributed by atoms with E-state index < -0.39 is 0 Å². The monoisotopic (exact) mass is 475 g/mol. The maximum atomic E-state index is 13.0. The van der Waals surface area contributed by atoms with Crippen LogP contribution >= 0.6 is 0 Å². The van der Waals surface area contributed by atoms with E-state index in [9.17, 15) is 9.59 Å². The van der Waals surface area contributed by atoms with Gasteiger partial charge in [0, 0.05) is 69.9 Å². The van der Waals surface area contributed by atoms with E-state index in [0.717, 1.165) is 73.8 Å². The molecular formula is C28H37N5O2. The van der Waals surface area contributed by atoms with Crippen LogP contribution in [0.3, 0.4) is 0 Å². The van der Waals surface area contributed by atoms with Crippen molar-refractivity contribution in [2.45, 2.75) is 25.7 Å². The van der Waals surface area contributed by atoms with E-state index in [0.29, 0.717) is 5.82 Å². The molecule has 2 fully saturated rings. The molecule has 0 radical (unpaired) electrons. The summed E-state index contributed by atoms with van der Waals surface area (Å²) in [5, 5.41) is 5.05. The number of amides is 2. The molecule has 4 rings (SSSR count). The third-order valence-electron chi connectivity index (χ3n) is 7.19. The van der Waals surface area contributed by atoms with Gasteiger partial charge in [-0.1, -0.05) is 24.8 Å². The number of allylic oxidation sites excluding steroid dienone is 2. The van der Waals surface area contributed by atoms with Crippen molar-refractivity contribution in [3.05, 3.63) is 54.9 Å². The van der Waals surface area contributed by atoms with Crippen molar-refractivity contribution in [1.29, 1.82) is 0 Å². The van der Waals surface area contributed by atoms with Crippen LogP contribution in [0, 0.1) is 11.8 Å². The zero-order valence-electron chi connectivity index (χ0n) is 21.2. The van der Waals surface area contributed by atoms with Crippen LogP contribution in [0.4, 0.5) is 5.82 Å². The first-order chi connectivity index (χ1) is 16.8. The number of hydrogen-bond acceptors (Lipinski definition) is 5. The summed E-state index contributed by atoms with van der Waals surface area (Å²) < 4.78 is 0. The molecule has 1 N–H and O–H groups in total. The Bertz CT molecular complexity index is 1110. The van der Waals surface area contributed by atoms with E-state index in [-0.39, 0.29) is 23.7 Å². The Labute approximate surface area is 208 Å². The predicted octanol–water partition coefficient (Wildman–Crippen LogP) is 3.84. The van der Waals surface area contributed by atoms with Crippen LogP contribution in [0.1, 0.15) is 31.2 Å². The summed E-state index contributed by atoms with van der Waals surface area (Å²) in [4.78, 5) is 36.6. The highest BCUT2D eigenvalue weighted by atomic mass is 16.2. The van der Waals surface area contributed by atoms with Gasteiger partial charge in [0.2, 0.25) is 11.8 Å². The van der Waals surface area contributed by atoms with E-state index in [1.807, 2.05) is 48.3 Å². The minimum Gasteiger partial charge on any atom is -0.383 e. The lowest BCUT2D eigenvalue weighted by Gasteiger charge is -2.36. The molecule has 0 bridgehead atoms. The lowest BCUT2D eigenvalue weighted by Crippen LogP contribution is -2.49. The maximum absolute atomic E-state index is 13.0. The minimum atomic E-state index is -0.0780. The second-order valence-corrected chi connectivity index (χ2v) is 10.1. The van der Waals surface area contributed by atoms with Gasteiger partial charge in [0.15, 0.2) is 0 Å². The Balaban J connectivity index is 1.37. The van der Waals surface area contributed by atoms with Crippen LogP contribution in [0.5, 0.6) is 0 Å². The molecule has 0 atom stereocenters. The van der Waals surface area contributed by atoms with Gasteiger partial charge in [0.05, 0.1) is 0 Å². The fraction of sp³-hybridized carbons (Fsp3) is 0.464. The lowest BCUT2D eigenvalue weighted by atomic mass is 9.81. The Morgan fingerprint density at radius 1 is 1.03 bits per heavy atom. The smallest absolute Gasteiger partial charge is 0.228 e. The van der Waals surface area contributed by atoms with Crippen LogP contribution in [0.2, 0.25) is 0 Å². The average Bonchev–Trinajstić information content (AvgIpc) is 2.87. The van der Waals surface area contributed by atoms with E-state index in [1.165, 1.54) is 0 Å². The largest absolute Gasteiger partial charge is 0.383 e. The van der Waals surface area contributed by atoms with Crippen molar-refractivity contribution in [2.24, 2.45) is 11.8 Å². The van der Waals surface area contributed by atoms with Crippen molar-refractivity contribution >= 4 is 34.0 Å². The predicted molar refractivity (Wildman–Crippen MR) is 142 cm³/mol. The number of piperazine rings is 1. The van der Waals surface area contributed by atoms with E-state index in [1.54, 1.807) is 6.20 Å². The Morgan fingerprint density at radius 3 is 2.37 bits per heavy atom. The van der Waals surface area contributed by atoms with E-state index in [2.05, 4.69) is 41.0 Å². The first-order valence-corrected chi connectivity index (χ1v) is 12.5. The number of anilines is 1. The highest BCUT2D eigenvalue weighted by Gasteiger charge is 2.33. The standard InChI is InChI=1S/C28H37N5O2/c1-5-20(19-31(2)3)23-10-11-24-18-29-26(17-25(24)16-23)30-27(34)21-6-8-22(9-7-21)28(35)33-14-12-32(4)13-15-33/h5,10-11,16-19,21-22H,1,6-9,12-15H2,2-4H3,(H,29,30,34)/b20-19+. The highest BCUT2D eigenvalue weighted by Crippen LogP contribution is 2.31. The van der Waals surface area contributed by atoms with Gasteiger partial charge in [0.25, 0.3) is 0 Å². The van der Waals surface area contributed by atoms with Gasteiger partial charge in [-0.2, -0.15) is 0 Å². The summed E-state index contributed by atoms with van der Waals surface area (Å²) in [6.45, 7) is 7.42. The number of benzene rings is 1. The Kier molecular flexibility index (Phi) is 7.86. The second-order valence-electron chi connectivity index (χ2n) is 10.1. The number of aromatic nitrogens is 1. The van der Waals surface area contributed by atoms with Crippen molar-refractivity contribution < 1.29 is 9.59 Å². The SMILES string of the molecule is C=C/C(=C\N(C)C)c1ccc2cnc(NC(=O)C3CCC(C(=O)N4CCN(C)CC4)CC3)cc2c1. The molecule has 2 aromatic rings. The zero-order chi connectivity index (χ0) is 24.9. The van der Waals surface area contributed by atoms with Gasteiger partial charge in [-0.05, 0) is 61.4 Å². The van der Waals surface area contributed by atoms with Gasteiger partial charge in [-0.25, -0.2) is 4.98 Å². The Hall–Kier alpha value is -3.19. The number of rotatable bonds is 6. The molecule has 186 valence electrons. The summed E-state index contributed by atoms with van der Waals surface area (Å²) >= 11 is 0. The number of likely N-dealkylation sites (N-methyl/N-ethyl adjacent to an activating group) is 1. The van der Waals surface area contributed by atoms with Crippen LogP contribution in [-0.4, -0.2) is 78.8 Å². The van der Waals surface area contributed by atoms with Crippen molar-refractivity contribution in [3.8, 4) is 0 Å². The van der Waals surface area contributed by atoms with Crippen LogP contribution in [0.15, 0.2) is 49.3 Å². The van der Waals surface area contributed by atoms with Crippen molar-refractivity contribution in [3.63, 3.8) is 0 Å². The second kappa shape index (κ2) is 11.0. The molecule has 7 nitrogen and oxygen atoms in total. The molecule has 1 aromatic carbocycles. The highest BCUT2D eigenvalue weighted by molar-refractivity contribution is 5.95. The van der Waals surface area contributed by atoms with Crippen LogP contribution in [-0.2, 0) is 9.59 Å². The first-order valence-electron chi connectivity index (χ1n) is 12.5. The molecule has 2 amide bonds. The number of carbonyl (C=O) groups is 2. The number of fused-ring (bicyclic) bond motifs is 1. The molecule has 1 aromatic heterocycles. The molecule has 2 heterocycles. The molecule has 1 aliphatic heterocycles. The van der Waals surface area contributed by atoms with Crippen molar-refractivity contribution in [2.75, 3.05) is 52.6 Å². The summed E-state index contributed by atoms with van der Waals surface area (Å²) in [5.41, 5.74) is 2.09. The summed E-state index contributed by atoms with van der Waals surface area (Å²) in [6.07, 6.45) is 8.71. The fourth-order valence-electron chi connectivity index (χ4n) is 5.03. The van der Waals surface area contributed by atoms with Gasteiger partial charge < -0.3 is 20.0 Å². The summed E-state index contributed by atoms with van der Waals surface area (Å²) in [5.74, 6) is 0.802. The fourth-order valence-corrected chi connectivity index (χ4v) is 5.03. The van der Waals surface area contributed by atoms with Crippen molar-refractivity contribution in [1.82, 2.24) is 19.7 Å². The van der Waals surface area contributed by atoms with Gasteiger partial charge in [-0.15, -0.1) is 0 Å². The molecule has 0 unspecified atom stereocenters. The quantitative estimate of drug-likeness (QED) is 0.643. The molecular weight excluding hydrogens is 438 g/mol. The molecule has 1 saturated carbocycles. The molecule has 0 spiro atoms. The van der Waals surface area contributed by atoms with Gasteiger partial charge in [-0.3, -0.25) is 9.59 Å². The lowest BCUT2D eigenvalue weighted by molar-refractivity contribution is -0.139. The van der Waals surface area contributed by atoms with Gasteiger partial charge >= 0.3 is 0 Å². The average molecular weight is 476 g/mol. The number of nitrogens with zero attached hydrogens (tertiary/aromatic N) is 4. The number of nitrogens with one attached hydrogen (secondary N) is 1. The zero-order valence-corrected chi connectivity index (χ0v) is 21.2. The minimum absolute atomic E-state index is 0.00205. The van der Waals surface area contributed by atoms with E-state index >= 15 is 0 Å². The molecule has 35 heavy (non-hydrogen) atoms. The number of hydrogen-bond donors (Lipinski definition) is 1. The molecule has 1 aliphatic carbocycles. The third kappa shape index (κ3) is 6.09. The normalized spacial score (nSPS) is 21.6. The van der Waals surface area contributed by atoms with Gasteiger partial charge in [0.1, 0.15) is 5.82 Å². The Morgan fingerprint density at radius 2 is 1.71 bits per heavy atom. The first kappa shape index (κ1) is 24.9. The van der Waals surface area contributed by atoms with E-state index in [4.69, 9.17) is 0 Å². The summed E-state index contributed by atoms with van der Waals surface area (Å²) in [7, 11) is 6.06. The number of carbonyl (C=O) groups excluding carboxylic acids is 2. The summed E-state index contributed by atoms with van der Waals surface area (Å²) in [6, 6.07) is 8.12. The molecule has 2 aliphatic rings. The van der Waals surface area contributed by atoms with Crippen LogP contribution in [0.25, 0.3) is 16.3 Å².